The lowest BCUT2D eigenvalue weighted by Gasteiger charge is -2.26. The van der Waals surface area contributed by atoms with Crippen molar-refractivity contribution in [1.29, 1.82) is 0 Å². The molecule has 0 bridgehead atoms. The van der Waals surface area contributed by atoms with Crippen molar-refractivity contribution in [2.45, 2.75) is 13.3 Å². The van der Waals surface area contributed by atoms with Gasteiger partial charge < -0.3 is 10.1 Å². The summed E-state index contributed by atoms with van der Waals surface area (Å²) in [5.74, 6) is -1.58. The first-order valence-electron chi connectivity index (χ1n) is 6.28. The Balaban J connectivity index is 2.69. The third-order valence-electron chi connectivity index (χ3n) is 3.13. The smallest absolute Gasteiger partial charge is 0.162 e. The van der Waals surface area contributed by atoms with E-state index in [2.05, 4.69) is 11.9 Å². The summed E-state index contributed by atoms with van der Waals surface area (Å²) >= 11 is 0. The lowest BCUT2D eigenvalue weighted by Crippen LogP contribution is -2.34. The van der Waals surface area contributed by atoms with Gasteiger partial charge in [-0.05, 0) is 18.1 Å². The van der Waals surface area contributed by atoms with Gasteiger partial charge in [-0.2, -0.15) is 0 Å². The minimum Gasteiger partial charge on any atom is -0.383 e. The van der Waals surface area contributed by atoms with E-state index in [1.54, 1.807) is 19.3 Å². The predicted octanol–water partition coefficient (Wildman–Crippen LogP) is 2.94. The number of rotatable bonds is 8. The van der Waals surface area contributed by atoms with E-state index in [4.69, 9.17) is 4.74 Å². The van der Waals surface area contributed by atoms with Gasteiger partial charge in [0.05, 0.1) is 6.61 Å². The van der Waals surface area contributed by atoms with Crippen molar-refractivity contribution in [1.82, 2.24) is 5.32 Å². The van der Waals surface area contributed by atoms with Crippen LogP contribution in [0, 0.1) is 17.0 Å². The topological polar surface area (TPSA) is 21.3 Å². The predicted molar refractivity (Wildman–Crippen MR) is 73.1 cm³/mol. The number of ether oxygens (including phenoxy) is 1. The Morgan fingerprint density at radius 1 is 1.42 bits per heavy atom. The zero-order valence-electron chi connectivity index (χ0n) is 11.5. The van der Waals surface area contributed by atoms with Crippen LogP contribution in [0.2, 0.25) is 0 Å². The second kappa shape index (κ2) is 7.36. The summed E-state index contributed by atoms with van der Waals surface area (Å²) in [5, 5.41) is 3.22. The molecule has 1 unspecified atom stereocenters. The molecule has 1 atom stereocenters. The fraction of sp³-hybridized carbons (Fsp3) is 0.467. The average Bonchev–Trinajstić information content (AvgIpc) is 2.40. The molecule has 4 heteroatoms. The molecule has 1 aromatic rings. The third kappa shape index (κ3) is 4.73. The summed E-state index contributed by atoms with van der Waals surface area (Å²) in [6.45, 7) is 7.72. The van der Waals surface area contributed by atoms with E-state index in [1.807, 2.05) is 6.92 Å². The minimum atomic E-state index is -0.809. The highest BCUT2D eigenvalue weighted by Gasteiger charge is 2.23. The van der Waals surface area contributed by atoms with Crippen LogP contribution in [0.4, 0.5) is 8.78 Å². The molecule has 0 aliphatic rings. The molecule has 0 amide bonds. The van der Waals surface area contributed by atoms with Gasteiger partial charge in [0.15, 0.2) is 11.6 Å². The molecule has 0 spiro atoms. The van der Waals surface area contributed by atoms with Gasteiger partial charge in [-0.25, -0.2) is 8.78 Å². The van der Waals surface area contributed by atoms with Gasteiger partial charge in [0, 0.05) is 25.6 Å². The standard InChI is InChI=1S/C15H21F2NO/c1-4-15(2,11-18-8-9-19-3)10-12-6-5-7-13(16)14(12)17/h4-7,18H,1,8-11H2,2-3H3. The van der Waals surface area contributed by atoms with E-state index in [1.165, 1.54) is 6.07 Å². The fourth-order valence-corrected chi connectivity index (χ4v) is 1.88. The minimum absolute atomic E-state index is 0.331. The Morgan fingerprint density at radius 3 is 2.79 bits per heavy atom. The van der Waals surface area contributed by atoms with Crippen molar-refractivity contribution in [3.05, 3.63) is 48.1 Å². The highest BCUT2D eigenvalue weighted by atomic mass is 19.2. The zero-order chi connectivity index (χ0) is 14.3. The Bertz CT molecular complexity index is 423. The molecular weight excluding hydrogens is 248 g/mol. The lowest BCUT2D eigenvalue weighted by atomic mass is 9.83. The van der Waals surface area contributed by atoms with E-state index < -0.39 is 11.6 Å². The summed E-state index contributed by atoms with van der Waals surface area (Å²) in [4.78, 5) is 0. The van der Waals surface area contributed by atoms with Gasteiger partial charge in [-0.15, -0.1) is 6.58 Å². The van der Waals surface area contributed by atoms with Crippen LogP contribution in [-0.4, -0.2) is 26.8 Å². The first-order valence-corrected chi connectivity index (χ1v) is 6.28. The fourth-order valence-electron chi connectivity index (χ4n) is 1.88. The van der Waals surface area contributed by atoms with E-state index in [9.17, 15) is 8.78 Å². The third-order valence-corrected chi connectivity index (χ3v) is 3.13. The Morgan fingerprint density at radius 2 is 2.16 bits per heavy atom. The monoisotopic (exact) mass is 269 g/mol. The summed E-state index contributed by atoms with van der Waals surface area (Å²) < 4.78 is 31.8. The van der Waals surface area contributed by atoms with Crippen LogP contribution in [0.3, 0.4) is 0 Å². The zero-order valence-corrected chi connectivity index (χ0v) is 11.5. The number of nitrogens with one attached hydrogen (secondary N) is 1. The van der Waals surface area contributed by atoms with Crippen LogP contribution in [0.1, 0.15) is 12.5 Å². The quantitative estimate of drug-likeness (QED) is 0.579. The van der Waals surface area contributed by atoms with Crippen molar-refractivity contribution in [2.75, 3.05) is 26.8 Å². The molecule has 0 heterocycles. The van der Waals surface area contributed by atoms with Gasteiger partial charge in [0.25, 0.3) is 0 Å². The molecule has 2 nitrogen and oxygen atoms in total. The van der Waals surface area contributed by atoms with Crippen LogP contribution in [0.5, 0.6) is 0 Å². The van der Waals surface area contributed by atoms with Crippen molar-refractivity contribution < 1.29 is 13.5 Å². The molecule has 1 rings (SSSR count). The summed E-state index contributed by atoms with van der Waals surface area (Å²) in [6, 6.07) is 4.26. The molecule has 1 N–H and O–H groups in total. The van der Waals surface area contributed by atoms with Crippen molar-refractivity contribution in [3.63, 3.8) is 0 Å². The maximum absolute atomic E-state index is 13.7. The van der Waals surface area contributed by atoms with E-state index in [0.29, 0.717) is 31.7 Å². The van der Waals surface area contributed by atoms with Gasteiger partial charge in [-0.1, -0.05) is 25.1 Å². The van der Waals surface area contributed by atoms with Crippen molar-refractivity contribution in [3.8, 4) is 0 Å². The highest BCUT2D eigenvalue weighted by molar-refractivity contribution is 5.21. The van der Waals surface area contributed by atoms with Gasteiger partial charge in [-0.3, -0.25) is 0 Å². The molecule has 0 saturated carbocycles. The molecule has 1 aromatic carbocycles. The molecule has 0 fully saturated rings. The normalized spacial score (nSPS) is 14.1. The average molecular weight is 269 g/mol. The molecule has 19 heavy (non-hydrogen) atoms. The maximum Gasteiger partial charge on any atom is 0.162 e. The van der Waals surface area contributed by atoms with Crippen LogP contribution >= 0.6 is 0 Å². The number of hydrogen-bond acceptors (Lipinski definition) is 2. The van der Waals surface area contributed by atoms with E-state index in [-0.39, 0.29) is 5.41 Å². The Labute approximate surface area is 113 Å². The summed E-state index contributed by atoms with van der Waals surface area (Å²) in [7, 11) is 1.64. The van der Waals surface area contributed by atoms with E-state index in [0.717, 1.165) is 6.07 Å². The highest BCUT2D eigenvalue weighted by Crippen LogP contribution is 2.25. The summed E-state index contributed by atoms with van der Waals surface area (Å²) in [5.41, 5.74) is 0.0403. The second-order valence-electron chi connectivity index (χ2n) is 4.92. The molecule has 0 saturated heterocycles. The SMILES string of the molecule is C=CC(C)(CNCCOC)Cc1cccc(F)c1F. The van der Waals surface area contributed by atoms with Crippen LogP contribution in [0.15, 0.2) is 30.9 Å². The first-order chi connectivity index (χ1) is 9.02. The number of hydrogen-bond donors (Lipinski definition) is 1. The van der Waals surface area contributed by atoms with Crippen LogP contribution in [-0.2, 0) is 11.2 Å². The number of methoxy groups -OCH3 is 1. The molecule has 0 aromatic heterocycles. The lowest BCUT2D eigenvalue weighted by molar-refractivity contribution is 0.195. The largest absolute Gasteiger partial charge is 0.383 e. The Hall–Kier alpha value is -1.26. The first kappa shape index (κ1) is 15.8. The summed E-state index contributed by atoms with van der Waals surface area (Å²) in [6.07, 6.45) is 2.18. The van der Waals surface area contributed by atoms with Gasteiger partial charge in [0.1, 0.15) is 0 Å². The molecule has 0 radical (unpaired) electrons. The van der Waals surface area contributed by atoms with Crippen molar-refractivity contribution in [2.24, 2.45) is 5.41 Å². The molecule has 0 aliphatic carbocycles. The van der Waals surface area contributed by atoms with Gasteiger partial charge >= 0.3 is 0 Å². The van der Waals surface area contributed by atoms with Gasteiger partial charge in [0.2, 0.25) is 0 Å². The molecule has 106 valence electrons. The van der Waals surface area contributed by atoms with E-state index >= 15 is 0 Å². The second-order valence-corrected chi connectivity index (χ2v) is 4.92. The van der Waals surface area contributed by atoms with Crippen molar-refractivity contribution >= 4 is 0 Å². The number of halogens is 2. The molecular formula is C15H21F2NO. The Kier molecular flexibility index (Phi) is 6.12. The number of benzene rings is 1. The van der Waals surface area contributed by atoms with Crippen LogP contribution in [0.25, 0.3) is 0 Å². The molecule has 0 aliphatic heterocycles. The van der Waals surface area contributed by atoms with Crippen LogP contribution < -0.4 is 5.32 Å². The maximum atomic E-state index is 13.7.